The molecule has 0 radical (unpaired) electrons. The van der Waals surface area contributed by atoms with E-state index in [9.17, 15) is 4.79 Å². The Balaban J connectivity index is 1.73. The zero-order chi connectivity index (χ0) is 13.7. The standard InChI is InChI=1S/C14H20BrN3O/c1-17-7-9-18(10-8-17)6-5-14(19)16-13-4-2-3-12(15)11-13/h2-4,11H,5-10H2,1H3,(H,16,19)/p+2. The van der Waals surface area contributed by atoms with Crippen molar-refractivity contribution in [2.24, 2.45) is 0 Å². The lowest BCUT2D eigenvalue weighted by atomic mass is 10.2. The number of hydrogen-bond donors (Lipinski definition) is 3. The first-order valence-electron chi connectivity index (χ1n) is 6.84. The lowest BCUT2D eigenvalue weighted by molar-refractivity contribution is -1.00. The summed E-state index contributed by atoms with van der Waals surface area (Å²) in [7, 11) is 2.23. The molecule has 5 heteroatoms. The number of hydrogen-bond acceptors (Lipinski definition) is 1. The molecule has 1 saturated heterocycles. The number of amides is 1. The summed E-state index contributed by atoms with van der Waals surface area (Å²) in [5.74, 6) is 0.108. The number of anilines is 1. The van der Waals surface area contributed by atoms with Crippen LogP contribution >= 0.6 is 15.9 Å². The summed E-state index contributed by atoms with van der Waals surface area (Å²) in [5.41, 5.74) is 0.859. The number of carbonyl (C=O) groups is 1. The minimum atomic E-state index is 0.108. The molecule has 0 aliphatic carbocycles. The van der Waals surface area contributed by atoms with Gasteiger partial charge in [0.15, 0.2) is 0 Å². The SMILES string of the molecule is C[NH+]1CC[NH+](CCC(=O)Nc2cccc(Br)c2)CC1. The van der Waals surface area contributed by atoms with E-state index in [1.165, 1.54) is 26.2 Å². The largest absolute Gasteiger partial charge is 0.328 e. The number of nitrogens with one attached hydrogen (secondary N) is 3. The van der Waals surface area contributed by atoms with Gasteiger partial charge in [-0.2, -0.15) is 0 Å². The van der Waals surface area contributed by atoms with E-state index in [0.29, 0.717) is 6.42 Å². The van der Waals surface area contributed by atoms with E-state index >= 15 is 0 Å². The van der Waals surface area contributed by atoms with Gasteiger partial charge in [-0.05, 0) is 18.2 Å². The van der Waals surface area contributed by atoms with Crippen LogP contribution in [0, 0.1) is 0 Å². The Morgan fingerprint density at radius 1 is 1.32 bits per heavy atom. The van der Waals surface area contributed by atoms with E-state index in [2.05, 4.69) is 28.3 Å². The number of carbonyl (C=O) groups excluding carboxylic acids is 1. The first kappa shape index (κ1) is 14.5. The summed E-state index contributed by atoms with van der Waals surface area (Å²) in [5, 5.41) is 2.94. The smallest absolute Gasteiger partial charge is 0.230 e. The van der Waals surface area contributed by atoms with Crippen molar-refractivity contribution in [3.8, 4) is 0 Å². The van der Waals surface area contributed by atoms with Crippen molar-refractivity contribution in [1.82, 2.24) is 0 Å². The van der Waals surface area contributed by atoms with Crippen LogP contribution < -0.4 is 15.1 Å². The number of benzene rings is 1. The van der Waals surface area contributed by atoms with Crippen LogP contribution in [0.3, 0.4) is 0 Å². The van der Waals surface area contributed by atoms with Crippen molar-refractivity contribution in [1.29, 1.82) is 0 Å². The molecule has 0 spiro atoms. The van der Waals surface area contributed by atoms with Gasteiger partial charge in [-0.1, -0.05) is 22.0 Å². The fraction of sp³-hybridized carbons (Fsp3) is 0.500. The van der Waals surface area contributed by atoms with Gasteiger partial charge in [-0.3, -0.25) is 4.79 Å². The predicted octanol–water partition coefficient (Wildman–Crippen LogP) is -0.809. The van der Waals surface area contributed by atoms with E-state index < -0.39 is 0 Å². The quantitative estimate of drug-likeness (QED) is 0.665. The van der Waals surface area contributed by atoms with Gasteiger partial charge in [0.25, 0.3) is 0 Å². The highest BCUT2D eigenvalue weighted by Gasteiger charge is 2.20. The molecule has 1 aliphatic rings. The topological polar surface area (TPSA) is 38.0 Å². The average Bonchev–Trinajstić information content (AvgIpc) is 2.38. The van der Waals surface area contributed by atoms with Gasteiger partial charge in [-0.25, -0.2) is 0 Å². The Bertz CT molecular complexity index is 430. The third-order valence-electron chi connectivity index (χ3n) is 3.62. The van der Waals surface area contributed by atoms with Crippen molar-refractivity contribution in [3.63, 3.8) is 0 Å². The predicted molar refractivity (Wildman–Crippen MR) is 79.6 cm³/mol. The van der Waals surface area contributed by atoms with E-state index in [0.717, 1.165) is 16.7 Å². The Labute approximate surface area is 122 Å². The minimum Gasteiger partial charge on any atom is -0.328 e. The maximum absolute atomic E-state index is 11.9. The first-order chi connectivity index (χ1) is 9.13. The normalized spacial score (nSPS) is 23.1. The summed E-state index contributed by atoms with van der Waals surface area (Å²) < 4.78 is 0.984. The van der Waals surface area contributed by atoms with Crippen LogP contribution in [-0.4, -0.2) is 45.7 Å². The van der Waals surface area contributed by atoms with E-state index in [4.69, 9.17) is 0 Å². The van der Waals surface area contributed by atoms with Crippen LogP contribution in [0.2, 0.25) is 0 Å². The highest BCUT2D eigenvalue weighted by Crippen LogP contribution is 2.15. The third-order valence-corrected chi connectivity index (χ3v) is 4.12. The molecule has 3 N–H and O–H groups in total. The van der Waals surface area contributed by atoms with Crippen LogP contribution in [0.4, 0.5) is 5.69 Å². The molecule has 0 bridgehead atoms. The maximum Gasteiger partial charge on any atom is 0.230 e. The van der Waals surface area contributed by atoms with Gasteiger partial charge in [0.1, 0.15) is 26.2 Å². The van der Waals surface area contributed by atoms with Crippen molar-refractivity contribution < 1.29 is 14.6 Å². The zero-order valence-electron chi connectivity index (χ0n) is 11.3. The molecule has 1 fully saturated rings. The summed E-state index contributed by atoms with van der Waals surface area (Å²) in [6.45, 7) is 5.71. The monoisotopic (exact) mass is 327 g/mol. The van der Waals surface area contributed by atoms with Gasteiger partial charge in [-0.15, -0.1) is 0 Å². The molecular formula is C14H22BrN3O+2. The molecule has 1 aromatic carbocycles. The molecule has 19 heavy (non-hydrogen) atoms. The number of quaternary nitrogens is 2. The number of piperazine rings is 1. The second-order valence-electron chi connectivity index (χ2n) is 5.27. The summed E-state index contributed by atoms with van der Waals surface area (Å²) in [6.07, 6.45) is 0.598. The minimum absolute atomic E-state index is 0.108. The van der Waals surface area contributed by atoms with Gasteiger partial charge in [0.05, 0.1) is 20.0 Å². The highest BCUT2D eigenvalue weighted by atomic mass is 79.9. The van der Waals surface area contributed by atoms with Crippen molar-refractivity contribution in [2.75, 3.05) is 45.1 Å². The lowest BCUT2D eigenvalue weighted by Crippen LogP contribution is -3.27. The van der Waals surface area contributed by atoms with Gasteiger partial charge in [0, 0.05) is 10.2 Å². The molecule has 2 rings (SSSR count). The van der Waals surface area contributed by atoms with Gasteiger partial charge >= 0.3 is 0 Å². The van der Waals surface area contributed by atoms with Crippen molar-refractivity contribution >= 4 is 27.5 Å². The Kier molecular flexibility index (Phi) is 5.36. The van der Waals surface area contributed by atoms with E-state index in [1.54, 1.807) is 9.80 Å². The van der Waals surface area contributed by atoms with Gasteiger partial charge < -0.3 is 15.1 Å². The van der Waals surface area contributed by atoms with E-state index in [1.807, 2.05) is 24.3 Å². The number of rotatable bonds is 4. The molecule has 4 nitrogen and oxygen atoms in total. The van der Waals surface area contributed by atoms with Crippen molar-refractivity contribution in [3.05, 3.63) is 28.7 Å². The summed E-state index contributed by atoms with van der Waals surface area (Å²) in [4.78, 5) is 15.0. The molecule has 1 heterocycles. The maximum atomic E-state index is 11.9. The Morgan fingerprint density at radius 3 is 2.74 bits per heavy atom. The van der Waals surface area contributed by atoms with Crippen LogP contribution in [-0.2, 0) is 4.79 Å². The Morgan fingerprint density at radius 2 is 2.05 bits per heavy atom. The van der Waals surface area contributed by atoms with Crippen LogP contribution in [0.15, 0.2) is 28.7 Å². The van der Waals surface area contributed by atoms with Gasteiger partial charge in [0.2, 0.25) is 5.91 Å². The van der Waals surface area contributed by atoms with Crippen LogP contribution in [0.5, 0.6) is 0 Å². The fourth-order valence-corrected chi connectivity index (χ4v) is 2.76. The summed E-state index contributed by atoms with van der Waals surface area (Å²) >= 11 is 3.40. The molecular weight excluding hydrogens is 306 g/mol. The second kappa shape index (κ2) is 7.03. The summed E-state index contributed by atoms with van der Waals surface area (Å²) in [6, 6.07) is 7.71. The zero-order valence-corrected chi connectivity index (χ0v) is 12.9. The first-order valence-corrected chi connectivity index (χ1v) is 7.63. The average molecular weight is 328 g/mol. The fourth-order valence-electron chi connectivity index (χ4n) is 2.36. The molecule has 0 saturated carbocycles. The Hall–Kier alpha value is -0.910. The van der Waals surface area contributed by atoms with Crippen LogP contribution in [0.1, 0.15) is 6.42 Å². The number of halogens is 1. The molecule has 1 aromatic rings. The lowest BCUT2D eigenvalue weighted by Gasteiger charge is -2.27. The molecule has 0 unspecified atom stereocenters. The highest BCUT2D eigenvalue weighted by molar-refractivity contribution is 9.10. The molecule has 1 amide bonds. The molecule has 0 atom stereocenters. The molecule has 0 aromatic heterocycles. The second-order valence-corrected chi connectivity index (χ2v) is 6.18. The third kappa shape index (κ3) is 4.93. The molecule has 1 aliphatic heterocycles. The molecule has 104 valence electrons. The van der Waals surface area contributed by atoms with E-state index in [-0.39, 0.29) is 5.91 Å². The number of likely N-dealkylation sites (N-methyl/N-ethyl adjacent to an activating group) is 1. The van der Waals surface area contributed by atoms with Crippen molar-refractivity contribution in [2.45, 2.75) is 6.42 Å². The van der Waals surface area contributed by atoms with Crippen LogP contribution in [0.25, 0.3) is 0 Å².